The Labute approximate surface area is 160 Å². The molecule has 1 atom stereocenters. The number of sulfonamides is 1. The second-order valence-corrected chi connectivity index (χ2v) is 8.76. The van der Waals surface area contributed by atoms with Gasteiger partial charge in [0.05, 0.1) is 17.0 Å². The third kappa shape index (κ3) is 4.31. The zero-order valence-electron chi connectivity index (χ0n) is 14.9. The van der Waals surface area contributed by atoms with Crippen molar-refractivity contribution < 1.29 is 13.2 Å². The molecule has 1 saturated heterocycles. The second kappa shape index (κ2) is 7.86. The number of hydrogen-bond acceptors (Lipinski definition) is 4. The maximum absolute atomic E-state index is 12.5. The van der Waals surface area contributed by atoms with Crippen LogP contribution in [-0.2, 0) is 10.0 Å². The summed E-state index contributed by atoms with van der Waals surface area (Å²) in [6.45, 7) is 4.25. The number of methoxy groups -OCH3 is 1. The molecule has 0 spiro atoms. The molecule has 3 rings (SSSR count). The lowest BCUT2D eigenvalue weighted by molar-refractivity contribution is 0.414. The first-order valence-corrected chi connectivity index (χ1v) is 10.4. The van der Waals surface area contributed by atoms with Gasteiger partial charge in [0.15, 0.2) is 0 Å². The summed E-state index contributed by atoms with van der Waals surface area (Å²) in [6, 6.07) is 12.9. The average molecular weight is 395 g/mol. The molecule has 26 heavy (non-hydrogen) atoms. The van der Waals surface area contributed by atoms with Crippen LogP contribution in [0.4, 0.5) is 5.69 Å². The lowest BCUT2D eigenvalue weighted by Crippen LogP contribution is -2.31. The SMILES string of the molecule is COc1ccc(S(=O)(=O)NCC2CCN(c3ccc(C)cc3)C2)cc1Cl. The fourth-order valence-corrected chi connectivity index (χ4v) is 4.58. The molecule has 1 heterocycles. The number of halogens is 1. The standard InChI is InChI=1S/C19H23ClN2O3S/c1-14-3-5-16(6-4-14)22-10-9-15(13-22)12-21-26(23,24)17-7-8-19(25-2)18(20)11-17/h3-8,11,15,21H,9-10,12-13H2,1-2H3. The van der Waals surface area contributed by atoms with E-state index in [0.29, 0.717) is 12.3 Å². The number of hydrogen-bond donors (Lipinski definition) is 1. The molecule has 2 aromatic rings. The van der Waals surface area contributed by atoms with E-state index in [9.17, 15) is 8.42 Å². The molecule has 1 unspecified atom stereocenters. The van der Waals surface area contributed by atoms with Gasteiger partial charge in [0, 0.05) is 25.3 Å². The average Bonchev–Trinajstić information content (AvgIpc) is 3.10. The molecule has 140 valence electrons. The van der Waals surface area contributed by atoms with Gasteiger partial charge in [0.2, 0.25) is 10.0 Å². The molecule has 0 aliphatic carbocycles. The summed E-state index contributed by atoms with van der Waals surface area (Å²) in [5, 5.41) is 0.279. The van der Waals surface area contributed by atoms with Crippen LogP contribution in [-0.4, -0.2) is 35.2 Å². The highest BCUT2D eigenvalue weighted by atomic mass is 35.5. The monoisotopic (exact) mass is 394 g/mol. The lowest BCUT2D eigenvalue weighted by atomic mass is 10.1. The van der Waals surface area contributed by atoms with Crippen LogP contribution in [0.2, 0.25) is 5.02 Å². The number of ether oxygens (including phenoxy) is 1. The number of nitrogens with zero attached hydrogens (tertiary/aromatic N) is 1. The van der Waals surface area contributed by atoms with Crippen LogP contribution in [0, 0.1) is 12.8 Å². The predicted octanol–water partition coefficient (Wildman–Crippen LogP) is 3.46. The minimum atomic E-state index is -3.59. The van der Waals surface area contributed by atoms with Gasteiger partial charge in [-0.3, -0.25) is 0 Å². The Morgan fingerprint density at radius 2 is 1.96 bits per heavy atom. The molecule has 0 amide bonds. The number of rotatable bonds is 6. The number of nitrogens with one attached hydrogen (secondary N) is 1. The Kier molecular flexibility index (Phi) is 5.75. The molecule has 0 radical (unpaired) electrons. The first-order valence-electron chi connectivity index (χ1n) is 8.54. The molecule has 1 N–H and O–H groups in total. The first kappa shape index (κ1) is 19.0. The molecule has 7 heteroatoms. The minimum absolute atomic E-state index is 0.150. The van der Waals surface area contributed by atoms with Gasteiger partial charge in [-0.2, -0.15) is 0 Å². The summed E-state index contributed by atoms with van der Waals surface area (Å²) in [5.41, 5.74) is 2.42. The Bertz CT molecular complexity index is 869. The molecule has 1 aliphatic rings. The van der Waals surface area contributed by atoms with Gasteiger partial charge in [-0.25, -0.2) is 13.1 Å². The molecule has 2 aromatic carbocycles. The lowest BCUT2D eigenvalue weighted by Gasteiger charge is -2.19. The van der Waals surface area contributed by atoms with Crippen LogP contribution >= 0.6 is 11.6 Å². The van der Waals surface area contributed by atoms with Crippen LogP contribution in [0.1, 0.15) is 12.0 Å². The Morgan fingerprint density at radius 3 is 2.62 bits per heavy atom. The van der Waals surface area contributed by atoms with E-state index >= 15 is 0 Å². The normalized spacial score (nSPS) is 17.5. The smallest absolute Gasteiger partial charge is 0.240 e. The van der Waals surface area contributed by atoms with E-state index in [0.717, 1.165) is 19.5 Å². The van der Waals surface area contributed by atoms with Crippen molar-refractivity contribution in [3.8, 4) is 5.75 Å². The van der Waals surface area contributed by atoms with E-state index in [4.69, 9.17) is 16.3 Å². The minimum Gasteiger partial charge on any atom is -0.495 e. The van der Waals surface area contributed by atoms with Gasteiger partial charge >= 0.3 is 0 Å². The number of anilines is 1. The second-order valence-electron chi connectivity index (χ2n) is 6.58. The topological polar surface area (TPSA) is 58.6 Å². The van der Waals surface area contributed by atoms with Crippen LogP contribution in [0.3, 0.4) is 0 Å². The Balaban J connectivity index is 1.60. The summed E-state index contributed by atoms with van der Waals surface area (Å²) in [6.07, 6.45) is 0.958. The molecule has 1 aliphatic heterocycles. The third-order valence-corrected chi connectivity index (χ3v) is 6.40. The highest BCUT2D eigenvalue weighted by molar-refractivity contribution is 7.89. The van der Waals surface area contributed by atoms with Crippen LogP contribution < -0.4 is 14.4 Å². The fourth-order valence-electron chi connectivity index (χ4n) is 3.11. The van der Waals surface area contributed by atoms with E-state index in [1.165, 1.54) is 30.5 Å². The van der Waals surface area contributed by atoms with Gasteiger partial charge in [-0.15, -0.1) is 0 Å². The van der Waals surface area contributed by atoms with Crippen molar-refractivity contribution in [3.05, 3.63) is 53.1 Å². The Hall–Kier alpha value is -1.76. The van der Waals surface area contributed by atoms with Crippen LogP contribution in [0.5, 0.6) is 5.75 Å². The number of benzene rings is 2. The zero-order chi connectivity index (χ0) is 18.7. The summed E-state index contributed by atoms with van der Waals surface area (Å²) in [7, 11) is -2.10. The molecule has 0 bridgehead atoms. The first-order chi connectivity index (χ1) is 12.4. The van der Waals surface area contributed by atoms with E-state index < -0.39 is 10.0 Å². The Morgan fingerprint density at radius 1 is 1.23 bits per heavy atom. The third-order valence-electron chi connectivity index (χ3n) is 4.68. The van der Waals surface area contributed by atoms with E-state index in [2.05, 4.69) is 40.8 Å². The summed E-state index contributed by atoms with van der Waals surface area (Å²) >= 11 is 6.04. The van der Waals surface area contributed by atoms with Crippen molar-refractivity contribution in [2.45, 2.75) is 18.2 Å². The molecule has 0 saturated carbocycles. The molecule has 0 aromatic heterocycles. The molecule has 1 fully saturated rings. The largest absolute Gasteiger partial charge is 0.495 e. The van der Waals surface area contributed by atoms with Crippen molar-refractivity contribution in [1.29, 1.82) is 0 Å². The summed E-state index contributed by atoms with van der Waals surface area (Å²) in [5.74, 6) is 0.731. The van der Waals surface area contributed by atoms with Crippen molar-refractivity contribution in [2.24, 2.45) is 5.92 Å². The summed E-state index contributed by atoms with van der Waals surface area (Å²) < 4.78 is 32.8. The summed E-state index contributed by atoms with van der Waals surface area (Å²) in [4.78, 5) is 2.44. The maximum atomic E-state index is 12.5. The number of aryl methyl sites for hydroxylation is 1. The van der Waals surface area contributed by atoms with Crippen LogP contribution in [0.25, 0.3) is 0 Å². The zero-order valence-corrected chi connectivity index (χ0v) is 16.5. The van der Waals surface area contributed by atoms with Gasteiger partial charge in [-0.1, -0.05) is 29.3 Å². The van der Waals surface area contributed by atoms with Crippen molar-refractivity contribution >= 4 is 27.3 Å². The fraction of sp³-hybridized carbons (Fsp3) is 0.368. The molecule has 5 nitrogen and oxygen atoms in total. The van der Waals surface area contributed by atoms with E-state index in [1.54, 1.807) is 6.07 Å². The van der Waals surface area contributed by atoms with Gasteiger partial charge in [0.25, 0.3) is 0 Å². The maximum Gasteiger partial charge on any atom is 0.240 e. The van der Waals surface area contributed by atoms with Crippen molar-refractivity contribution in [2.75, 3.05) is 31.6 Å². The quantitative estimate of drug-likeness (QED) is 0.815. The predicted molar refractivity (Wildman–Crippen MR) is 105 cm³/mol. The van der Waals surface area contributed by atoms with E-state index in [-0.39, 0.29) is 15.8 Å². The van der Waals surface area contributed by atoms with Crippen LogP contribution in [0.15, 0.2) is 47.4 Å². The van der Waals surface area contributed by atoms with Gasteiger partial charge in [0.1, 0.15) is 5.75 Å². The van der Waals surface area contributed by atoms with Crippen molar-refractivity contribution in [1.82, 2.24) is 4.72 Å². The van der Waals surface area contributed by atoms with Gasteiger partial charge in [-0.05, 0) is 49.6 Å². The molecular formula is C19H23ClN2O3S. The highest BCUT2D eigenvalue weighted by Gasteiger charge is 2.25. The van der Waals surface area contributed by atoms with Gasteiger partial charge < -0.3 is 9.64 Å². The highest BCUT2D eigenvalue weighted by Crippen LogP contribution is 2.27. The van der Waals surface area contributed by atoms with Crippen molar-refractivity contribution in [3.63, 3.8) is 0 Å². The van der Waals surface area contributed by atoms with E-state index in [1.807, 2.05) is 0 Å². The molecular weight excluding hydrogens is 372 g/mol.